The van der Waals surface area contributed by atoms with Crippen LogP contribution in [-0.2, 0) is 16.0 Å². The Morgan fingerprint density at radius 1 is 1.47 bits per heavy atom. The van der Waals surface area contributed by atoms with E-state index in [2.05, 4.69) is 11.4 Å². The molecule has 0 aliphatic rings. The van der Waals surface area contributed by atoms with E-state index in [1.807, 2.05) is 18.4 Å². The molecule has 4 nitrogen and oxygen atoms in total. The predicted octanol–water partition coefficient (Wildman–Crippen LogP) is 2.83. The van der Waals surface area contributed by atoms with E-state index >= 15 is 0 Å². The van der Waals surface area contributed by atoms with E-state index in [0.29, 0.717) is 12.8 Å². The molecule has 1 rings (SSSR count). The van der Waals surface area contributed by atoms with Crippen molar-refractivity contribution in [2.24, 2.45) is 0 Å². The zero-order chi connectivity index (χ0) is 14.1. The van der Waals surface area contributed by atoms with E-state index in [0.717, 1.165) is 19.3 Å². The number of hydrogen-bond donors (Lipinski definition) is 2. The van der Waals surface area contributed by atoms with Gasteiger partial charge in [-0.15, -0.1) is 11.3 Å². The molecule has 0 saturated heterocycles. The van der Waals surface area contributed by atoms with Gasteiger partial charge in [0.05, 0.1) is 6.42 Å². The lowest BCUT2D eigenvalue weighted by molar-refractivity contribution is -0.137. The van der Waals surface area contributed by atoms with Crippen molar-refractivity contribution in [1.29, 1.82) is 0 Å². The number of carboxylic acids is 1. The van der Waals surface area contributed by atoms with Gasteiger partial charge in [0, 0.05) is 17.3 Å². The molecule has 2 N–H and O–H groups in total. The van der Waals surface area contributed by atoms with Crippen LogP contribution in [0.15, 0.2) is 17.5 Å². The second-order valence-electron chi connectivity index (χ2n) is 4.58. The number of nitrogens with one attached hydrogen (secondary N) is 1. The highest BCUT2D eigenvalue weighted by molar-refractivity contribution is 7.09. The van der Waals surface area contributed by atoms with Gasteiger partial charge in [0.1, 0.15) is 0 Å². The van der Waals surface area contributed by atoms with Crippen LogP contribution in [0.5, 0.6) is 0 Å². The van der Waals surface area contributed by atoms with Crippen molar-refractivity contribution < 1.29 is 14.7 Å². The summed E-state index contributed by atoms with van der Waals surface area (Å²) in [6, 6.07) is 3.83. The van der Waals surface area contributed by atoms with Crippen LogP contribution in [0.3, 0.4) is 0 Å². The molecule has 1 unspecified atom stereocenters. The summed E-state index contributed by atoms with van der Waals surface area (Å²) >= 11 is 1.70. The maximum atomic E-state index is 11.7. The fourth-order valence-corrected chi connectivity index (χ4v) is 2.71. The van der Waals surface area contributed by atoms with Gasteiger partial charge in [-0.25, -0.2) is 0 Å². The Kier molecular flexibility index (Phi) is 7.18. The minimum absolute atomic E-state index is 0.00447. The van der Waals surface area contributed by atoms with Gasteiger partial charge < -0.3 is 10.4 Å². The second kappa shape index (κ2) is 8.69. The Balaban J connectivity index is 2.25. The Bertz CT molecular complexity index is 389. The fourth-order valence-electron chi connectivity index (χ4n) is 1.96. The zero-order valence-electron chi connectivity index (χ0n) is 11.2. The number of thiophene rings is 1. The molecule has 0 saturated carbocycles. The van der Waals surface area contributed by atoms with Crippen molar-refractivity contribution in [3.63, 3.8) is 0 Å². The quantitative estimate of drug-likeness (QED) is 0.732. The first-order chi connectivity index (χ1) is 9.11. The summed E-state index contributed by atoms with van der Waals surface area (Å²) in [5, 5.41) is 13.6. The third kappa shape index (κ3) is 6.96. The summed E-state index contributed by atoms with van der Waals surface area (Å²) in [7, 11) is 0. The largest absolute Gasteiger partial charge is 0.481 e. The van der Waals surface area contributed by atoms with Crippen LogP contribution in [0.4, 0.5) is 0 Å². The third-order valence-electron chi connectivity index (χ3n) is 2.83. The van der Waals surface area contributed by atoms with Crippen LogP contribution in [0.2, 0.25) is 0 Å². The van der Waals surface area contributed by atoms with E-state index in [-0.39, 0.29) is 18.4 Å². The van der Waals surface area contributed by atoms with E-state index in [9.17, 15) is 9.59 Å². The number of carbonyl (C=O) groups is 2. The van der Waals surface area contributed by atoms with Crippen LogP contribution in [0, 0.1) is 0 Å². The Hall–Kier alpha value is -1.36. The summed E-state index contributed by atoms with van der Waals surface area (Å²) in [5.41, 5.74) is 0. The molecule has 0 aliphatic carbocycles. The molecule has 1 aromatic heterocycles. The lowest BCUT2D eigenvalue weighted by atomic mass is 10.1. The smallest absolute Gasteiger partial charge is 0.305 e. The van der Waals surface area contributed by atoms with E-state index in [1.54, 1.807) is 11.3 Å². The number of amides is 1. The first-order valence-electron chi connectivity index (χ1n) is 6.65. The van der Waals surface area contributed by atoms with Gasteiger partial charge in [-0.2, -0.15) is 0 Å². The van der Waals surface area contributed by atoms with Gasteiger partial charge in [0.2, 0.25) is 5.91 Å². The number of aliphatic carboxylic acids is 1. The molecule has 0 spiro atoms. The molecule has 0 aliphatic heterocycles. The number of hydrogen-bond acceptors (Lipinski definition) is 3. The molecule has 1 atom stereocenters. The second-order valence-corrected chi connectivity index (χ2v) is 5.62. The van der Waals surface area contributed by atoms with Gasteiger partial charge in [0.15, 0.2) is 0 Å². The maximum absolute atomic E-state index is 11.7. The van der Waals surface area contributed by atoms with Crippen molar-refractivity contribution in [3.05, 3.63) is 22.4 Å². The normalized spacial score (nSPS) is 12.1. The van der Waals surface area contributed by atoms with E-state index in [1.165, 1.54) is 4.88 Å². The molecule has 5 heteroatoms. The molecule has 0 fully saturated rings. The number of carboxylic acid groups (broad SMARTS) is 1. The molecule has 0 bridgehead atoms. The summed E-state index contributed by atoms with van der Waals surface area (Å²) in [6.45, 7) is 1.98. The van der Waals surface area contributed by atoms with Gasteiger partial charge in [-0.05, 0) is 30.7 Å². The van der Waals surface area contributed by atoms with Gasteiger partial charge in [0.25, 0.3) is 0 Å². The van der Waals surface area contributed by atoms with Crippen molar-refractivity contribution in [1.82, 2.24) is 5.32 Å². The van der Waals surface area contributed by atoms with Crippen molar-refractivity contribution in [3.8, 4) is 0 Å². The van der Waals surface area contributed by atoms with Crippen molar-refractivity contribution >= 4 is 23.2 Å². The van der Waals surface area contributed by atoms with Crippen LogP contribution >= 0.6 is 11.3 Å². The van der Waals surface area contributed by atoms with Crippen LogP contribution in [-0.4, -0.2) is 23.0 Å². The minimum atomic E-state index is -0.864. The topological polar surface area (TPSA) is 66.4 Å². The first-order valence-corrected chi connectivity index (χ1v) is 7.53. The molecular weight excluding hydrogens is 262 g/mol. The number of rotatable bonds is 9. The Morgan fingerprint density at radius 2 is 2.26 bits per heavy atom. The third-order valence-corrected chi connectivity index (χ3v) is 3.77. The van der Waals surface area contributed by atoms with E-state index in [4.69, 9.17) is 5.11 Å². The van der Waals surface area contributed by atoms with Crippen LogP contribution in [0.25, 0.3) is 0 Å². The average molecular weight is 283 g/mol. The van der Waals surface area contributed by atoms with Crippen LogP contribution in [0.1, 0.15) is 43.9 Å². The molecule has 19 heavy (non-hydrogen) atoms. The minimum Gasteiger partial charge on any atom is -0.481 e. The highest BCUT2D eigenvalue weighted by atomic mass is 32.1. The van der Waals surface area contributed by atoms with Gasteiger partial charge in [-0.3, -0.25) is 9.59 Å². The number of aryl methyl sites for hydroxylation is 1. The highest BCUT2D eigenvalue weighted by Gasteiger charge is 2.14. The molecule has 1 aromatic rings. The summed E-state index contributed by atoms with van der Waals surface area (Å²) in [4.78, 5) is 23.7. The van der Waals surface area contributed by atoms with Crippen molar-refractivity contribution in [2.45, 2.75) is 51.5 Å². The molecule has 1 heterocycles. The average Bonchev–Trinajstić information content (AvgIpc) is 2.81. The lowest BCUT2D eigenvalue weighted by Gasteiger charge is -2.15. The number of carbonyl (C=O) groups excluding carboxylic acids is 1. The van der Waals surface area contributed by atoms with Crippen LogP contribution < -0.4 is 5.32 Å². The monoisotopic (exact) mass is 283 g/mol. The standard InChI is InChI=1S/C14H21NO3S/c1-2-5-11(10-14(17)18)15-13(16)8-3-6-12-7-4-9-19-12/h4,7,9,11H,2-3,5-6,8,10H2,1H3,(H,15,16)(H,17,18). The van der Waals surface area contributed by atoms with Gasteiger partial charge in [-0.1, -0.05) is 19.4 Å². The Morgan fingerprint density at radius 3 is 2.84 bits per heavy atom. The van der Waals surface area contributed by atoms with E-state index < -0.39 is 5.97 Å². The molecule has 106 valence electrons. The molecule has 0 radical (unpaired) electrons. The zero-order valence-corrected chi connectivity index (χ0v) is 12.0. The summed E-state index contributed by atoms with van der Waals surface area (Å²) in [6.07, 6.45) is 3.75. The Labute approximate surface area is 117 Å². The predicted molar refractivity (Wildman–Crippen MR) is 76.3 cm³/mol. The first kappa shape index (κ1) is 15.7. The maximum Gasteiger partial charge on any atom is 0.305 e. The fraction of sp³-hybridized carbons (Fsp3) is 0.571. The molecule has 0 aromatic carbocycles. The lowest BCUT2D eigenvalue weighted by Crippen LogP contribution is -2.36. The summed E-state index contributed by atoms with van der Waals surface area (Å²) in [5.74, 6) is -0.909. The van der Waals surface area contributed by atoms with Gasteiger partial charge >= 0.3 is 5.97 Å². The molecular formula is C14H21NO3S. The molecule has 1 amide bonds. The summed E-state index contributed by atoms with van der Waals surface area (Å²) < 4.78 is 0. The van der Waals surface area contributed by atoms with Crippen molar-refractivity contribution in [2.75, 3.05) is 0 Å². The SMILES string of the molecule is CCCC(CC(=O)O)NC(=O)CCCc1cccs1. The highest BCUT2D eigenvalue weighted by Crippen LogP contribution is 2.12.